The van der Waals surface area contributed by atoms with E-state index in [2.05, 4.69) is 37.8 Å². The molecule has 12 fully saturated rings. The maximum atomic E-state index is 17.3. The van der Waals surface area contributed by atoms with Crippen molar-refractivity contribution in [2.24, 2.45) is 114 Å². The number of benzene rings is 3. The monoisotopic (exact) mass is 1990 g/mol. The highest BCUT2D eigenvalue weighted by molar-refractivity contribution is 7.22. The van der Waals surface area contributed by atoms with Crippen molar-refractivity contribution in [3.8, 4) is 0 Å². The number of aliphatic hydroxyl groups is 8. The van der Waals surface area contributed by atoms with Crippen LogP contribution in [0.1, 0.15) is 196 Å². The third-order valence-electron chi connectivity index (χ3n) is 39.7. The summed E-state index contributed by atoms with van der Waals surface area (Å²) in [4.78, 5) is 114. The molecule has 11 N–H and O–H groups in total. The van der Waals surface area contributed by atoms with Gasteiger partial charge in [-0.2, -0.15) is 0 Å². The van der Waals surface area contributed by atoms with Crippen molar-refractivity contribution in [3.63, 3.8) is 0 Å². The van der Waals surface area contributed by atoms with E-state index in [1.165, 1.54) is 59.5 Å². The highest BCUT2D eigenvalue weighted by Gasteiger charge is 2.81. The van der Waals surface area contributed by atoms with Crippen molar-refractivity contribution in [3.05, 3.63) is 198 Å². The number of thiazole rings is 2. The normalized spacial score (nSPS) is 44.2. The number of nitrogens with zero attached hydrogens (tertiary/aromatic N) is 3. The summed E-state index contributed by atoms with van der Waals surface area (Å²) in [5.41, 5.74) is -13.6. The molecule has 0 radical (unpaired) electrons. The van der Waals surface area contributed by atoms with Gasteiger partial charge in [0.15, 0.2) is 67.3 Å². The van der Waals surface area contributed by atoms with Crippen LogP contribution < -0.4 is 16.0 Å². The molecule has 16 aliphatic carbocycles. The van der Waals surface area contributed by atoms with Gasteiger partial charge in [0.25, 0.3) is 17.7 Å². The molecule has 3 aromatic carbocycles. The number of anilines is 2. The number of nitrogens with one attached hydrogen (secondary N) is 3. The number of rotatable bonds is 12. The highest BCUT2D eigenvalue weighted by Crippen LogP contribution is 2.77. The van der Waals surface area contributed by atoms with Gasteiger partial charge in [-0.3, -0.25) is 54.0 Å². The van der Waals surface area contributed by atoms with E-state index in [9.17, 15) is 79.2 Å². The molecule has 0 spiro atoms. The third kappa shape index (κ3) is 14.6. The summed E-state index contributed by atoms with van der Waals surface area (Å²) in [5.74, 6) is -6.70. The van der Waals surface area contributed by atoms with Crippen molar-refractivity contribution >= 4 is 112 Å². The average molecular weight is 1990 g/mol. The minimum absolute atomic E-state index is 0.0493. The molecule has 752 valence electrons. The number of pyridine rings is 1. The third-order valence-corrected chi connectivity index (χ3v) is 42.6. The van der Waals surface area contributed by atoms with Crippen LogP contribution in [0.4, 0.5) is 27.8 Å². The first-order valence-electron chi connectivity index (χ1n) is 50.1. The number of ether oxygens (including phenoxy) is 1. The van der Waals surface area contributed by atoms with Gasteiger partial charge in [0.2, 0.25) is 0 Å². The molecule has 23 nitrogen and oxygen atoms in total. The van der Waals surface area contributed by atoms with E-state index < -0.39 is 178 Å². The van der Waals surface area contributed by atoms with Gasteiger partial charge in [-0.25, -0.2) is 27.5 Å². The summed E-state index contributed by atoms with van der Waals surface area (Å²) >= 11 is 10.1. The fraction of sp³-hybridized carbons (Fsp3) is 0.577. The first kappa shape index (κ1) is 101. The fourth-order valence-electron chi connectivity index (χ4n) is 32.2. The van der Waals surface area contributed by atoms with Gasteiger partial charge >= 0.3 is 0 Å². The number of aliphatic hydroxyl groups excluding tert-OH is 4. The number of carbonyl (C=O) groups excluding carboxylic acids is 8. The lowest BCUT2D eigenvalue weighted by molar-refractivity contribution is -0.224. The summed E-state index contributed by atoms with van der Waals surface area (Å²) in [6, 6.07) is 28.1. The minimum atomic E-state index is -2.25. The van der Waals surface area contributed by atoms with E-state index in [0.717, 1.165) is 75.0 Å². The lowest BCUT2D eigenvalue weighted by atomic mass is 9.44. The number of Topliss-reactive ketones (excluding diaryl/α,β-unsaturated/α-hetero) is 1. The number of alkyl halides is 5. The first-order chi connectivity index (χ1) is 66.4. The second-order valence-electron chi connectivity index (χ2n) is 46.0. The lowest BCUT2D eigenvalue weighted by Crippen LogP contribution is -2.71. The van der Waals surface area contributed by atoms with Crippen molar-refractivity contribution in [1.29, 1.82) is 0 Å². The number of allylic oxidation sites excluding steroid dienone is 13. The highest BCUT2D eigenvalue weighted by atomic mass is 35.5. The Hall–Kier alpha value is -8.82. The van der Waals surface area contributed by atoms with Gasteiger partial charge in [-0.15, -0.1) is 11.6 Å². The Morgan fingerprint density at radius 2 is 0.965 bits per heavy atom. The minimum Gasteiger partial charge on any atom is -0.393 e. The Morgan fingerprint density at radius 3 is 1.48 bits per heavy atom. The number of fused-ring (bicyclic) bond motifs is 22. The molecule has 3 heterocycles. The number of amides is 3. The molecule has 6 aromatic rings. The molecule has 12 saturated carbocycles. The zero-order chi connectivity index (χ0) is 101. The number of hydrogen-bond acceptors (Lipinski definition) is 22. The van der Waals surface area contributed by atoms with Crippen LogP contribution in [0.5, 0.6) is 0 Å². The van der Waals surface area contributed by atoms with Gasteiger partial charge in [0.05, 0.1) is 56.3 Å². The maximum Gasteiger partial charge on any atom is 0.258 e. The zero-order valence-electron chi connectivity index (χ0n) is 81.4. The summed E-state index contributed by atoms with van der Waals surface area (Å²) < 4.78 is 73.0. The van der Waals surface area contributed by atoms with Crippen LogP contribution in [0.2, 0.25) is 0 Å². The molecule has 16 aliphatic rings. The topological polar surface area (TPSA) is 382 Å². The number of ketones is 5. The van der Waals surface area contributed by atoms with Crippen LogP contribution in [0, 0.1) is 114 Å². The smallest absolute Gasteiger partial charge is 0.258 e. The van der Waals surface area contributed by atoms with Gasteiger partial charge in [-0.1, -0.05) is 175 Å². The van der Waals surface area contributed by atoms with E-state index in [1.807, 2.05) is 131 Å². The zero-order valence-corrected chi connectivity index (χ0v) is 83.8. The lowest BCUT2D eigenvalue weighted by Gasteiger charge is -2.63. The van der Waals surface area contributed by atoms with Gasteiger partial charge in [0, 0.05) is 75.1 Å². The SMILES string of the molecule is CC12CCC(=O)C=C1CCC1C2[C@@H](O)CC2(C)C1CC[C@]2(O)C(=O)COCc1cccnc1.C[C@@H]1CC2C3CCC4=CC(=O)C=CC4(C)[C@@]3(Cl)[C@@H](O)CC2(C)[C@@]1(O)C(=O)Nc1nc2ccccc2s1.C[C@@H]1CC2C3C[C@H](F)C4=CC(=O)C=CC4(C)[C@@]3(F)[C@@H](O)CC2(C)[C@@]1(O)C(=O)NCc1ccccc1.C[C@@H]1C[C@H]2[C@@H]3C[C@H](F)C4=CC(=O)C=C[C@]4(C)[C@@]3(F)[C@@H](O)C[C@]2(C)[C@@]1(O)C(=O)Nc1nc2ccccc2s1. The summed E-state index contributed by atoms with van der Waals surface area (Å²) in [6.45, 7) is 20.5. The molecule has 0 saturated heterocycles. The van der Waals surface area contributed by atoms with E-state index in [-0.39, 0.29) is 121 Å². The van der Waals surface area contributed by atoms with Gasteiger partial charge in [0.1, 0.15) is 24.6 Å². The van der Waals surface area contributed by atoms with Crippen molar-refractivity contribution in [2.45, 2.75) is 274 Å². The largest absolute Gasteiger partial charge is 0.393 e. The van der Waals surface area contributed by atoms with Crippen LogP contribution in [0.15, 0.2) is 186 Å². The Bertz CT molecular complexity index is 6270. The molecule has 0 bridgehead atoms. The maximum absolute atomic E-state index is 17.3. The van der Waals surface area contributed by atoms with E-state index >= 15 is 17.6 Å². The molecule has 3 amide bonds. The number of para-hydroxylation sites is 2. The van der Waals surface area contributed by atoms with Crippen LogP contribution in [-0.4, -0.2) is 184 Å². The Kier molecular flexibility index (Phi) is 25.2. The van der Waals surface area contributed by atoms with E-state index in [4.69, 9.17) is 16.3 Å². The number of hydrogen-bond donors (Lipinski definition) is 11. The average Bonchev–Trinajstić information content (AvgIpc) is 1.58. The summed E-state index contributed by atoms with van der Waals surface area (Å²) in [6.07, 6.45) is 16.8. The molecule has 3 aromatic heterocycles. The molecular formula is C111H129ClF4N6O17S2. The predicted octanol–water partition coefficient (Wildman–Crippen LogP) is 16.4. The second-order valence-corrected chi connectivity index (χ2v) is 48.7. The molecule has 141 heavy (non-hydrogen) atoms. The van der Waals surface area contributed by atoms with E-state index in [0.29, 0.717) is 61.6 Å². The van der Waals surface area contributed by atoms with Gasteiger partial charge < -0.3 is 50.9 Å². The standard InChI is InChI=1S/C28H31ClN2O4S.C28H30F2N2O4S.C28H33F2NO4.C27H35NO5/c1-15-12-19-18-9-8-16-13-17(32)10-11-25(16,2)27(18,29)22(33)14-26(19,3)28(15,35)23(34)31-24-30-20-6-4-5-7-21(20)36-24;1-14-10-16-17-12-19(29)18-11-15(33)8-9-25(18,2)27(17,30)22(34)13-26(16,3)28(14,36)23(35)32-24-31-20-6-4-5-7-21(20)37-24;1-16-11-19-20-13-22(29)21-12-18(32)9-10-25(21,2)27(20,30)23(33)14-26(19,3)28(16,35)24(34)31-15-17-7-5-4-6-8-17;1-25-9-7-19(29)12-18(25)5-6-20-21-8-10-27(32,26(21,2)13-22(30)24(20)25)23(31)16-33-15-17-4-3-11-28-14-17/h4-7,10-11,13,15,18-19,22,33,35H,8-9,12,14H2,1-3H3,(H,30,31,34);4-9,11,14,16-17,19,22,34,36H,10,12-13H2,1-3H3,(H,31,32,35);4-10,12,16,19-20,22-23,33,35H,11,13-15H2,1-3H3,(H,31,34);3-4,11-12,14,20-22,24,30,32H,5-10,13,15-16H2,1-2H3/t15-,18?,19?,22+,25?,26?,27+,28+;14-,16+,17+,19+,22+,25+,26+,27+,28+;16-,19?,20?,22+,23+,25?,26?,27+,28+;20?,21?,22-,24?,25?,26?,27-/m1110/s1. The number of aromatic nitrogens is 3. The summed E-state index contributed by atoms with van der Waals surface area (Å²) in [7, 11) is 0. The molecule has 22 rings (SSSR count). The summed E-state index contributed by atoms with van der Waals surface area (Å²) in [5, 5.41) is 103. The second kappa shape index (κ2) is 35.2. The predicted molar refractivity (Wildman–Crippen MR) is 526 cm³/mol. The van der Waals surface area contributed by atoms with Crippen LogP contribution in [0.3, 0.4) is 0 Å². The molecular weight excluding hydrogens is 1860 g/mol. The molecule has 0 aliphatic heterocycles. The Labute approximate surface area is 831 Å². The first-order valence-corrected chi connectivity index (χ1v) is 52.1. The number of halogens is 5. The molecule has 33 atom stereocenters. The van der Waals surface area contributed by atoms with Crippen molar-refractivity contribution in [1.82, 2.24) is 20.3 Å². The quantitative estimate of drug-likeness (QED) is 0.0400. The number of carbonyl (C=O) groups is 8. The fourth-order valence-corrected chi connectivity index (χ4v) is 34.5. The van der Waals surface area contributed by atoms with Crippen LogP contribution >= 0.6 is 34.3 Å². The van der Waals surface area contributed by atoms with Crippen molar-refractivity contribution < 1.29 is 102 Å². The van der Waals surface area contributed by atoms with Crippen molar-refractivity contribution in [2.75, 3.05) is 17.2 Å². The Morgan fingerprint density at radius 1 is 0.496 bits per heavy atom. The van der Waals surface area contributed by atoms with E-state index in [1.54, 1.807) is 59.2 Å². The van der Waals surface area contributed by atoms with Crippen LogP contribution in [-0.2, 0) is 56.2 Å². The van der Waals surface area contributed by atoms with Crippen LogP contribution in [0.25, 0.3) is 20.4 Å². The van der Waals surface area contributed by atoms with Gasteiger partial charge in [-0.05, 0) is 276 Å². The molecule has 13 unspecified atom stereocenters. The molecule has 30 heteroatoms. The Balaban J connectivity index is 0.000000120.